The molecule has 0 amide bonds. The van der Waals surface area contributed by atoms with E-state index in [9.17, 15) is 0 Å². The summed E-state index contributed by atoms with van der Waals surface area (Å²) in [6.07, 6.45) is 7.56. The average molecular weight is 349 g/mol. The second kappa shape index (κ2) is 5.73. The van der Waals surface area contributed by atoms with Crippen LogP contribution in [0.2, 0.25) is 0 Å². The highest BCUT2D eigenvalue weighted by molar-refractivity contribution is 5.81. The van der Waals surface area contributed by atoms with Crippen molar-refractivity contribution in [2.45, 2.75) is 6.42 Å². The van der Waals surface area contributed by atoms with Gasteiger partial charge < -0.3 is 23.8 Å². The highest BCUT2D eigenvalue weighted by Gasteiger charge is 2.19. The molecule has 2 aromatic rings. The molecule has 0 aromatic heterocycles. The van der Waals surface area contributed by atoms with Crippen LogP contribution in [0.4, 0.5) is 0 Å². The molecule has 0 bridgehead atoms. The van der Waals surface area contributed by atoms with E-state index in [0.717, 1.165) is 57.3 Å². The highest BCUT2D eigenvalue weighted by Crippen LogP contribution is 2.29. The molecule has 3 heterocycles. The van der Waals surface area contributed by atoms with Crippen LogP contribution in [0.1, 0.15) is 6.42 Å². The number of benzene rings is 2. The van der Waals surface area contributed by atoms with Gasteiger partial charge >= 0.3 is 0 Å². The van der Waals surface area contributed by atoms with E-state index < -0.39 is 0 Å². The molecule has 0 radical (unpaired) electrons. The van der Waals surface area contributed by atoms with Crippen molar-refractivity contribution in [1.82, 2.24) is 4.90 Å². The van der Waals surface area contributed by atoms with Gasteiger partial charge in [0.2, 0.25) is 6.79 Å². The van der Waals surface area contributed by atoms with E-state index in [1.54, 1.807) is 14.2 Å². The third-order valence-electron chi connectivity index (χ3n) is 5.06. The molecular weight excluding hydrogens is 330 g/mol. The standard InChI is InChI=1S/C21H19NO4/c1-23-18-6-5-14-8-17-15-10-20-19(25-12-26-20)9-13(15)4-3-7-22(17)11-16(14)21(18)24-2/h4-6,8-11H,3,7,12H2,1-2H3. The lowest BCUT2D eigenvalue weighted by Crippen LogP contribution is -2.38. The van der Waals surface area contributed by atoms with Crippen LogP contribution in [0, 0.1) is 0 Å². The minimum Gasteiger partial charge on any atom is -0.493 e. The van der Waals surface area contributed by atoms with Crippen LogP contribution in [0.15, 0.2) is 24.3 Å². The summed E-state index contributed by atoms with van der Waals surface area (Å²) in [6, 6.07) is 8.17. The highest BCUT2D eigenvalue weighted by atomic mass is 16.7. The third-order valence-corrected chi connectivity index (χ3v) is 5.06. The van der Waals surface area contributed by atoms with E-state index in [4.69, 9.17) is 18.9 Å². The molecule has 5 nitrogen and oxygen atoms in total. The van der Waals surface area contributed by atoms with Gasteiger partial charge in [-0.2, -0.15) is 0 Å². The van der Waals surface area contributed by atoms with Gasteiger partial charge in [0, 0.05) is 28.9 Å². The molecule has 132 valence electrons. The van der Waals surface area contributed by atoms with Gasteiger partial charge in [0.05, 0.1) is 14.2 Å². The third kappa shape index (κ3) is 2.17. The van der Waals surface area contributed by atoms with Crippen LogP contribution in [0.25, 0.3) is 24.0 Å². The van der Waals surface area contributed by atoms with Crippen LogP contribution < -0.4 is 39.8 Å². The summed E-state index contributed by atoms with van der Waals surface area (Å²) in [4.78, 5) is 2.27. The fourth-order valence-corrected chi connectivity index (χ4v) is 3.81. The van der Waals surface area contributed by atoms with Crippen molar-refractivity contribution in [1.29, 1.82) is 0 Å². The van der Waals surface area contributed by atoms with Gasteiger partial charge in [0.1, 0.15) is 0 Å². The number of fused-ring (bicyclic) bond motifs is 4. The van der Waals surface area contributed by atoms with Gasteiger partial charge in [0.15, 0.2) is 23.0 Å². The molecule has 0 N–H and O–H groups in total. The Kier molecular flexibility index (Phi) is 3.35. The Hall–Kier alpha value is -3.08. The molecule has 0 unspecified atom stereocenters. The van der Waals surface area contributed by atoms with Crippen molar-refractivity contribution >= 4 is 24.0 Å². The zero-order valence-electron chi connectivity index (χ0n) is 14.7. The fraction of sp³-hybridized carbons (Fsp3) is 0.238. The Morgan fingerprint density at radius 1 is 1.00 bits per heavy atom. The first-order valence-electron chi connectivity index (χ1n) is 8.64. The van der Waals surface area contributed by atoms with Gasteiger partial charge in [-0.15, -0.1) is 0 Å². The first kappa shape index (κ1) is 15.2. The van der Waals surface area contributed by atoms with Crippen molar-refractivity contribution in [3.63, 3.8) is 0 Å². The molecule has 26 heavy (non-hydrogen) atoms. The summed E-state index contributed by atoms with van der Waals surface area (Å²) >= 11 is 0. The van der Waals surface area contributed by atoms with E-state index in [2.05, 4.69) is 41.5 Å². The molecule has 0 saturated heterocycles. The lowest BCUT2D eigenvalue weighted by atomic mass is 10.1. The van der Waals surface area contributed by atoms with Crippen LogP contribution in [-0.2, 0) is 0 Å². The van der Waals surface area contributed by atoms with E-state index in [1.165, 1.54) is 5.22 Å². The number of nitrogens with zero attached hydrogens (tertiary/aromatic N) is 1. The first-order chi connectivity index (χ1) is 12.8. The summed E-state index contributed by atoms with van der Waals surface area (Å²) in [5.74, 6) is 3.13. The number of hydrogen-bond donors (Lipinski definition) is 0. The molecule has 3 aliphatic rings. The summed E-state index contributed by atoms with van der Waals surface area (Å²) in [5, 5.41) is 4.49. The minimum absolute atomic E-state index is 0.285. The molecule has 0 atom stereocenters. The largest absolute Gasteiger partial charge is 0.493 e. The second-order valence-corrected chi connectivity index (χ2v) is 6.44. The lowest BCUT2D eigenvalue weighted by Gasteiger charge is -2.24. The Morgan fingerprint density at radius 3 is 2.65 bits per heavy atom. The lowest BCUT2D eigenvalue weighted by molar-refractivity contribution is 0.174. The maximum absolute atomic E-state index is 5.62. The molecule has 0 fully saturated rings. The molecule has 0 aliphatic carbocycles. The molecule has 0 spiro atoms. The van der Waals surface area contributed by atoms with Gasteiger partial charge in [-0.3, -0.25) is 0 Å². The van der Waals surface area contributed by atoms with Crippen molar-refractivity contribution in [2.24, 2.45) is 0 Å². The SMILES string of the molecule is COc1ccc2c(c1OC)=CN1CCC=c3cc4c(cc3=C1C=2)OCO4. The number of hydrogen-bond acceptors (Lipinski definition) is 5. The molecule has 3 aliphatic heterocycles. The van der Waals surface area contributed by atoms with E-state index in [-0.39, 0.29) is 6.79 Å². The second-order valence-electron chi connectivity index (χ2n) is 6.44. The van der Waals surface area contributed by atoms with Crippen molar-refractivity contribution in [2.75, 3.05) is 27.6 Å². The quantitative estimate of drug-likeness (QED) is 0.778. The van der Waals surface area contributed by atoms with E-state index in [0.29, 0.717) is 0 Å². The summed E-state index contributed by atoms with van der Waals surface area (Å²) in [6.45, 7) is 1.18. The van der Waals surface area contributed by atoms with E-state index >= 15 is 0 Å². The smallest absolute Gasteiger partial charge is 0.231 e. The number of rotatable bonds is 2. The van der Waals surface area contributed by atoms with Crippen LogP contribution in [-0.4, -0.2) is 32.5 Å². The predicted octanol–water partition coefficient (Wildman–Crippen LogP) is 0.259. The normalized spacial score (nSPS) is 16.2. The van der Waals surface area contributed by atoms with Gasteiger partial charge in [-0.25, -0.2) is 0 Å². The Morgan fingerprint density at radius 2 is 1.85 bits per heavy atom. The van der Waals surface area contributed by atoms with Crippen molar-refractivity contribution in [3.05, 3.63) is 45.1 Å². The average Bonchev–Trinajstić information content (AvgIpc) is 3.05. The Bertz CT molecular complexity index is 1150. The fourth-order valence-electron chi connectivity index (χ4n) is 3.81. The number of methoxy groups -OCH3 is 2. The zero-order chi connectivity index (χ0) is 17.7. The molecule has 0 saturated carbocycles. The van der Waals surface area contributed by atoms with Crippen molar-refractivity contribution < 1.29 is 18.9 Å². The summed E-state index contributed by atoms with van der Waals surface area (Å²) in [7, 11) is 3.34. The van der Waals surface area contributed by atoms with Crippen LogP contribution in [0.3, 0.4) is 0 Å². The summed E-state index contributed by atoms with van der Waals surface area (Å²) in [5.41, 5.74) is 1.16. The van der Waals surface area contributed by atoms with Gasteiger partial charge in [-0.05, 0) is 41.1 Å². The van der Waals surface area contributed by atoms with Crippen molar-refractivity contribution in [3.8, 4) is 23.0 Å². The monoisotopic (exact) mass is 349 g/mol. The predicted molar refractivity (Wildman–Crippen MR) is 98.7 cm³/mol. The van der Waals surface area contributed by atoms with Gasteiger partial charge in [0.25, 0.3) is 0 Å². The Labute approximate surface area is 150 Å². The molecule has 5 rings (SSSR count). The maximum Gasteiger partial charge on any atom is 0.231 e. The maximum atomic E-state index is 5.62. The minimum atomic E-state index is 0.285. The first-order valence-corrected chi connectivity index (χ1v) is 8.64. The Balaban J connectivity index is 1.85. The molecule has 5 heteroatoms. The molecule has 2 aromatic carbocycles. The zero-order valence-corrected chi connectivity index (χ0v) is 14.7. The van der Waals surface area contributed by atoms with E-state index in [1.807, 2.05) is 6.07 Å². The molecular formula is C21H19NO4. The van der Waals surface area contributed by atoms with Crippen LogP contribution >= 0.6 is 0 Å². The topological polar surface area (TPSA) is 40.2 Å². The summed E-state index contributed by atoms with van der Waals surface area (Å²) < 4.78 is 22.2. The van der Waals surface area contributed by atoms with Gasteiger partial charge in [-0.1, -0.05) is 12.1 Å². The number of ether oxygens (including phenoxy) is 4. The van der Waals surface area contributed by atoms with Crippen LogP contribution in [0.5, 0.6) is 23.0 Å².